The Labute approximate surface area is 104 Å². The van der Waals surface area contributed by atoms with Gasteiger partial charge in [-0.3, -0.25) is 0 Å². The fourth-order valence-corrected chi connectivity index (χ4v) is 2.34. The molecule has 90 valence electrons. The van der Waals surface area contributed by atoms with E-state index in [0.717, 1.165) is 6.42 Å². The Bertz CT molecular complexity index is 470. The molecule has 0 radical (unpaired) electrons. The number of rotatable bonds is 5. The molecule has 1 atom stereocenters. The second-order valence-corrected chi connectivity index (χ2v) is 4.67. The highest BCUT2D eigenvalue weighted by molar-refractivity contribution is 5.86. The predicted octanol–water partition coefficient (Wildman–Crippen LogP) is 4.42. The van der Waals surface area contributed by atoms with Crippen LogP contribution in [-0.4, -0.2) is 0 Å². The first-order valence-corrected chi connectivity index (χ1v) is 6.56. The van der Waals surface area contributed by atoms with Gasteiger partial charge in [0.25, 0.3) is 0 Å². The Morgan fingerprint density at radius 3 is 2.59 bits per heavy atom. The largest absolute Gasteiger partial charge is 0.324 e. The van der Waals surface area contributed by atoms with Crippen LogP contribution in [0.15, 0.2) is 42.5 Å². The molecule has 0 heterocycles. The van der Waals surface area contributed by atoms with Crippen LogP contribution in [0, 0.1) is 0 Å². The van der Waals surface area contributed by atoms with Crippen LogP contribution in [0.2, 0.25) is 0 Å². The minimum Gasteiger partial charge on any atom is -0.324 e. The van der Waals surface area contributed by atoms with E-state index in [4.69, 9.17) is 5.73 Å². The van der Waals surface area contributed by atoms with E-state index >= 15 is 0 Å². The van der Waals surface area contributed by atoms with Crippen LogP contribution in [0.4, 0.5) is 0 Å². The molecule has 2 aromatic carbocycles. The highest BCUT2D eigenvalue weighted by atomic mass is 14.6. The molecule has 0 aromatic heterocycles. The van der Waals surface area contributed by atoms with Crippen molar-refractivity contribution in [2.75, 3.05) is 0 Å². The van der Waals surface area contributed by atoms with E-state index in [1.54, 1.807) is 0 Å². The highest BCUT2D eigenvalue weighted by Gasteiger charge is 2.08. The first kappa shape index (κ1) is 12.1. The average Bonchev–Trinajstić information content (AvgIpc) is 2.38. The van der Waals surface area contributed by atoms with Gasteiger partial charge in [0.1, 0.15) is 0 Å². The molecule has 0 aliphatic carbocycles. The summed E-state index contributed by atoms with van der Waals surface area (Å²) < 4.78 is 0. The lowest BCUT2D eigenvalue weighted by Gasteiger charge is -2.14. The van der Waals surface area contributed by atoms with Crippen molar-refractivity contribution in [3.8, 4) is 0 Å². The van der Waals surface area contributed by atoms with Crippen molar-refractivity contribution in [2.45, 2.75) is 38.6 Å². The summed E-state index contributed by atoms with van der Waals surface area (Å²) in [6.07, 6.45) is 4.84. The Balaban J connectivity index is 2.22. The maximum atomic E-state index is 6.30. The molecule has 1 unspecified atom stereocenters. The van der Waals surface area contributed by atoms with Crippen molar-refractivity contribution in [2.24, 2.45) is 5.73 Å². The number of benzene rings is 2. The monoisotopic (exact) mass is 227 g/mol. The minimum atomic E-state index is 0.174. The van der Waals surface area contributed by atoms with Crippen LogP contribution in [0.25, 0.3) is 10.8 Å². The first-order chi connectivity index (χ1) is 8.33. The van der Waals surface area contributed by atoms with Gasteiger partial charge in [-0.25, -0.2) is 0 Å². The minimum absolute atomic E-state index is 0.174. The van der Waals surface area contributed by atoms with Crippen LogP contribution in [-0.2, 0) is 0 Å². The lowest BCUT2D eigenvalue weighted by Crippen LogP contribution is -2.10. The molecular weight excluding hydrogens is 206 g/mol. The molecule has 0 aliphatic heterocycles. The van der Waals surface area contributed by atoms with E-state index in [1.165, 1.54) is 35.6 Å². The zero-order valence-electron chi connectivity index (χ0n) is 10.5. The van der Waals surface area contributed by atoms with E-state index in [-0.39, 0.29) is 6.04 Å². The lowest BCUT2D eigenvalue weighted by atomic mass is 9.96. The smallest absolute Gasteiger partial charge is 0.0301 e. The summed E-state index contributed by atoms with van der Waals surface area (Å²) in [6, 6.07) is 15.1. The summed E-state index contributed by atoms with van der Waals surface area (Å²) in [7, 11) is 0. The first-order valence-electron chi connectivity index (χ1n) is 6.56. The van der Waals surface area contributed by atoms with Gasteiger partial charge in [-0.2, -0.15) is 0 Å². The topological polar surface area (TPSA) is 26.0 Å². The summed E-state index contributed by atoms with van der Waals surface area (Å²) in [5, 5.41) is 2.59. The number of fused-ring (bicyclic) bond motifs is 1. The third kappa shape index (κ3) is 2.86. The zero-order valence-corrected chi connectivity index (χ0v) is 10.5. The van der Waals surface area contributed by atoms with Crippen molar-refractivity contribution in [3.63, 3.8) is 0 Å². The SMILES string of the molecule is CCCCCC(N)c1cccc2ccccc12. The molecule has 0 saturated heterocycles. The van der Waals surface area contributed by atoms with Crippen LogP contribution in [0.1, 0.15) is 44.2 Å². The fraction of sp³-hybridized carbons (Fsp3) is 0.375. The predicted molar refractivity (Wildman–Crippen MR) is 75.0 cm³/mol. The molecule has 0 aliphatic rings. The van der Waals surface area contributed by atoms with Crippen molar-refractivity contribution in [1.82, 2.24) is 0 Å². The second kappa shape index (κ2) is 5.83. The normalized spacial score (nSPS) is 12.8. The molecule has 17 heavy (non-hydrogen) atoms. The van der Waals surface area contributed by atoms with E-state index in [9.17, 15) is 0 Å². The van der Waals surface area contributed by atoms with Gasteiger partial charge in [-0.1, -0.05) is 68.7 Å². The van der Waals surface area contributed by atoms with Gasteiger partial charge >= 0.3 is 0 Å². The number of hydrogen-bond acceptors (Lipinski definition) is 1. The van der Waals surface area contributed by atoms with E-state index in [0.29, 0.717) is 0 Å². The molecule has 2 rings (SSSR count). The third-order valence-corrected chi connectivity index (χ3v) is 3.34. The third-order valence-electron chi connectivity index (χ3n) is 3.34. The van der Waals surface area contributed by atoms with Gasteiger partial charge in [-0.05, 0) is 22.8 Å². The molecule has 0 spiro atoms. The van der Waals surface area contributed by atoms with Crippen LogP contribution in [0.3, 0.4) is 0 Å². The fourth-order valence-electron chi connectivity index (χ4n) is 2.34. The number of nitrogens with two attached hydrogens (primary N) is 1. The summed E-state index contributed by atoms with van der Waals surface area (Å²) >= 11 is 0. The summed E-state index contributed by atoms with van der Waals surface area (Å²) in [4.78, 5) is 0. The van der Waals surface area contributed by atoms with Gasteiger partial charge in [0.05, 0.1) is 0 Å². The van der Waals surface area contributed by atoms with Gasteiger partial charge in [-0.15, -0.1) is 0 Å². The number of hydrogen-bond donors (Lipinski definition) is 1. The summed E-state index contributed by atoms with van der Waals surface area (Å²) in [5.41, 5.74) is 7.59. The Morgan fingerprint density at radius 1 is 1.00 bits per heavy atom. The summed E-state index contributed by atoms with van der Waals surface area (Å²) in [6.45, 7) is 2.23. The van der Waals surface area contributed by atoms with Gasteiger partial charge < -0.3 is 5.73 Å². The molecule has 0 amide bonds. The molecule has 1 heteroatoms. The van der Waals surface area contributed by atoms with E-state index < -0.39 is 0 Å². The highest BCUT2D eigenvalue weighted by Crippen LogP contribution is 2.25. The quantitative estimate of drug-likeness (QED) is 0.752. The van der Waals surface area contributed by atoms with Crippen molar-refractivity contribution < 1.29 is 0 Å². The lowest BCUT2D eigenvalue weighted by molar-refractivity contribution is 0.584. The van der Waals surface area contributed by atoms with E-state index in [2.05, 4.69) is 49.4 Å². The zero-order chi connectivity index (χ0) is 12.1. The molecule has 0 saturated carbocycles. The van der Waals surface area contributed by atoms with Crippen LogP contribution >= 0.6 is 0 Å². The van der Waals surface area contributed by atoms with Gasteiger partial charge in [0.2, 0.25) is 0 Å². The van der Waals surface area contributed by atoms with Crippen LogP contribution < -0.4 is 5.73 Å². The number of unbranched alkanes of at least 4 members (excludes halogenated alkanes) is 2. The Hall–Kier alpha value is -1.34. The molecular formula is C16H21N. The van der Waals surface area contributed by atoms with Crippen molar-refractivity contribution in [3.05, 3.63) is 48.0 Å². The Kier molecular flexibility index (Phi) is 4.16. The average molecular weight is 227 g/mol. The van der Waals surface area contributed by atoms with Gasteiger partial charge in [0.15, 0.2) is 0 Å². The second-order valence-electron chi connectivity index (χ2n) is 4.67. The molecule has 0 bridgehead atoms. The summed E-state index contributed by atoms with van der Waals surface area (Å²) in [5.74, 6) is 0. The Morgan fingerprint density at radius 2 is 1.76 bits per heavy atom. The van der Waals surface area contributed by atoms with Crippen molar-refractivity contribution >= 4 is 10.8 Å². The van der Waals surface area contributed by atoms with Crippen LogP contribution in [0.5, 0.6) is 0 Å². The maximum absolute atomic E-state index is 6.30. The molecule has 2 aromatic rings. The maximum Gasteiger partial charge on any atom is 0.0301 e. The molecule has 0 fully saturated rings. The van der Waals surface area contributed by atoms with E-state index in [1.807, 2.05) is 0 Å². The molecule has 1 nitrogen and oxygen atoms in total. The van der Waals surface area contributed by atoms with Gasteiger partial charge in [0, 0.05) is 6.04 Å². The van der Waals surface area contributed by atoms with Crippen molar-refractivity contribution in [1.29, 1.82) is 0 Å². The standard InChI is InChI=1S/C16H21N/c1-2-3-4-12-16(17)15-11-7-9-13-8-5-6-10-14(13)15/h5-11,16H,2-4,12,17H2,1H3. The molecule has 2 N–H and O–H groups in total.